The quantitative estimate of drug-likeness (QED) is 0.169. The summed E-state index contributed by atoms with van der Waals surface area (Å²) >= 11 is 0. The smallest absolute Gasteiger partial charge is 0.0120 e. The third kappa shape index (κ3) is 7.62. The van der Waals surface area contributed by atoms with Gasteiger partial charge in [-0.3, -0.25) is 0 Å². The Kier molecular flexibility index (Phi) is 10.6. The second-order valence-corrected chi connectivity index (χ2v) is 18.6. The van der Waals surface area contributed by atoms with Gasteiger partial charge in [0.1, 0.15) is 0 Å². The molecule has 0 aliphatic heterocycles. The molecule has 0 aliphatic carbocycles. The van der Waals surface area contributed by atoms with Gasteiger partial charge in [0, 0.05) is 0 Å². The molecule has 2 unspecified atom stereocenters. The van der Waals surface area contributed by atoms with Gasteiger partial charge in [-0.2, -0.15) is 0 Å². The van der Waals surface area contributed by atoms with Gasteiger partial charge in [0.25, 0.3) is 0 Å². The Labute approximate surface area is 259 Å². The number of hydrogen-bond acceptors (Lipinski definition) is 0. The van der Waals surface area contributed by atoms with E-state index in [0.717, 1.165) is 0 Å². The summed E-state index contributed by atoms with van der Waals surface area (Å²) in [7, 11) is -1.12. The number of hydrogen-bond donors (Lipinski definition) is 0. The van der Waals surface area contributed by atoms with E-state index in [1.54, 1.807) is 0 Å². The van der Waals surface area contributed by atoms with E-state index in [-0.39, 0.29) is 0 Å². The molecule has 222 valence electrons. The van der Waals surface area contributed by atoms with Gasteiger partial charge in [-0.05, 0) is 116 Å². The highest BCUT2D eigenvalue weighted by Crippen LogP contribution is 2.53. The van der Waals surface area contributed by atoms with E-state index >= 15 is 0 Å². The highest BCUT2D eigenvalue weighted by Gasteiger charge is 2.38. The first-order chi connectivity index (χ1) is 19.7. The van der Waals surface area contributed by atoms with Crippen LogP contribution in [-0.4, -0.2) is 11.3 Å². The van der Waals surface area contributed by atoms with E-state index in [2.05, 4.69) is 156 Å². The van der Waals surface area contributed by atoms with Crippen LogP contribution in [0.4, 0.5) is 0 Å². The van der Waals surface area contributed by atoms with Crippen molar-refractivity contribution in [2.75, 3.05) is 0 Å². The van der Waals surface area contributed by atoms with Crippen molar-refractivity contribution in [3.8, 4) is 0 Å². The molecule has 0 fully saturated rings. The average Bonchev–Trinajstić information content (AvgIpc) is 2.82. The number of rotatable bonds is 9. The van der Waals surface area contributed by atoms with Gasteiger partial charge >= 0.3 is 0 Å². The minimum atomic E-state index is -0.558. The summed E-state index contributed by atoms with van der Waals surface area (Å²) in [5.74, 6) is 1.13. The molecule has 0 amide bonds. The molecule has 0 aliphatic rings. The SMILES string of the molecule is Cc1cc(C)cc(P(c2cc(C)cc(C)c2)C(C)C(C(C)C)C(C)P(c2cc(C)cc(C)c2)c2cc(C)cc(C)c2)c1. The summed E-state index contributed by atoms with van der Waals surface area (Å²) in [5.41, 5.74) is 12.0. The fourth-order valence-corrected chi connectivity index (χ4v) is 14.7. The molecular formula is C40H52P2. The van der Waals surface area contributed by atoms with E-state index in [1.165, 1.54) is 65.7 Å². The Hall–Kier alpha value is -2.26. The monoisotopic (exact) mass is 594 g/mol. The lowest BCUT2D eigenvalue weighted by molar-refractivity contribution is 0.376. The van der Waals surface area contributed by atoms with Crippen molar-refractivity contribution in [2.24, 2.45) is 11.8 Å². The predicted octanol–water partition coefficient (Wildman–Crippen LogP) is 9.77. The molecule has 2 heteroatoms. The van der Waals surface area contributed by atoms with Crippen LogP contribution in [0.5, 0.6) is 0 Å². The van der Waals surface area contributed by atoms with Crippen LogP contribution in [0.2, 0.25) is 0 Å². The minimum Gasteiger partial charge on any atom is -0.0625 e. The topological polar surface area (TPSA) is 0 Å². The van der Waals surface area contributed by atoms with Gasteiger partial charge < -0.3 is 0 Å². The second kappa shape index (κ2) is 13.6. The van der Waals surface area contributed by atoms with Crippen LogP contribution in [0, 0.1) is 67.2 Å². The third-order valence-corrected chi connectivity index (χ3v) is 14.2. The van der Waals surface area contributed by atoms with Crippen LogP contribution >= 0.6 is 15.8 Å². The van der Waals surface area contributed by atoms with Crippen molar-refractivity contribution < 1.29 is 0 Å². The summed E-state index contributed by atoms with van der Waals surface area (Å²) in [6.07, 6.45) is 0. The molecule has 0 bridgehead atoms. The average molecular weight is 595 g/mol. The fourth-order valence-electron chi connectivity index (χ4n) is 7.46. The van der Waals surface area contributed by atoms with Gasteiger partial charge in [-0.25, -0.2) is 0 Å². The number of aryl methyl sites for hydroxylation is 8. The molecule has 0 N–H and O–H groups in total. The summed E-state index contributed by atoms with van der Waals surface area (Å²) in [4.78, 5) is 0. The van der Waals surface area contributed by atoms with Crippen molar-refractivity contribution in [1.29, 1.82) is 0 Å². The van der Waals surface area contributed by atoms with Crippen LogP contribution in [0.15, 0.2) is 72.8 Å². The van der Waals surface area contributed by atoms with Crippen molar-refractivity contribution in [3.63, 3.8) is 0 Å². The van der Waals surface area contributed by atoms with Gasteiger partial charge in [0.15, 0.2) is 0 Å². The molecule has 0 nitrogen and oxygen atoms in total. The molecule has 4 aromatic carbocycles. The number of benzene rings is 4. The first-order valence-corrected chi connectivity index (χ1v) is 18.5. The molecule has 0 heterocycles. The highest BCUT2D eigenvalue weighted by molar-refractivity contribution is 7.74. The Morgan fingerprint density at radius 1 is 0.333 bits per heavy atom. The normalized spacial score (nSPS) is 14.1. The summed E-state index contributed by atoms with van der Waals surface area (Å²) < 4.78 is 0. The first kappa shape index (κ1) is 32.6. The standard InChI is InChI=1S/C40H52P2/c1-25(2)40(34(11)41(36-17-26(3)13-27(4)18-36)37-19-28(5)14-29(6)20-37)35(12)42(38-21-30(7)15-31(8)22-38)39-23-32(9)16-33(10)24-39/h13-25,34-35,40H,1-12H3. The van der Waals surface area contributed by atoms with Crippen LogP contribution < -0.4 is 21.2 Å². The van der Waals surface area contributed by atoms with E-state index < -0.39 is 15.8 Å². The van der Waals surface area contributed by atoms with Crippen molar-refractivity contribution in [2.45, 2.75) is 94.4 Å². The lowest BCUT2D eigenvalue weighted by Gasteiger charge is -2.42. The molecule has 4 rings (SSSR count). The Morgan fingerprint density at radius 3 is 0.690 bits per heavy atom. The van der Waals surface area contributed by atoms with E-state index in [1.807, 2.05) is 0 Å². The fraction of sp³-hybridized carbons (Fsp3) is 0.400. The van der Waals surface area contributed by atoms with Gasteiger partial charge in [0.2, 0.25) is 0 Å². The van der Waals surface area contributed by atoms with Crippen molar-refractivity contribution in [3.05, 3.63) is 117 Å². The summed E-state index contributed by atoms with van der Waals surface area (Å²) in [6, 6.07) is 29.1. The first-order valence-electron chi connectivity index (χ1n) is 15.6. The molecule has 0 saturated carbocycles. The Bertz CT molecular complexity index is 1250. The maximum Gasteiger partial charge on any atom is -0.0120 e. The second-order valence-electron chi connectivity index (χ2n) is 13.4. The van der Waals surface area contributed by atoms with Crippen molar-refractivity contribution in [1.82, 2.24) is 0 Å². The Morgan fingerprint density at radius 2 is 0.524 bits per heavy atom. The molecule has 0 saturated heterocycles. The lowest BCUT2D eigenvalue weighted by Crippen LogP contribution is -2.38. The molecule has 42 heavy (non-hydrogen) atoms. The van der Waals surface area contributed by atoms with Gasteiger partial charge in [-0.1, -0.05) is 145 Å². The maximum absolute atomic E-state index is 2.58. The van der Waals surface area contributed by atoms with E-state index in [4.69, 9.17) is 0 Å². The van der Waals surface area contributed by atoms with Crippen LogP contribution in [-0.2, 0) is 0 Å². The molecule has 4 aromatic rings. The summed E-state index contributed by atoms with van der Waals surface area (Å²) in [6.45, 7) is 28.2. The lowest BCUT2D eigenvalue weighted by atomic mass is 9.90. The van der Waals surface area contributed by atoms with Gasteiger partial charge in [0.05, 0.1) is 0 Å². The van der Waals surface area contributed by atoms with Crippen molar-refractivity contribution >= 4 is 37.1 Å². The molecule has 0 spiro atoms. The van der Waals surface area contributed by atoms with Gasteiger partial charge in [-0.15, -0.1) is 0 Å². The highest BCUT2D eigenvalue weighted by atomic mass is 31.1. The van der Waals surface area contributed by atoms with Crippen LogP contribution in [0.3, 0.4) is 0 Å². The zero-order valence-corrected chi connectivity index (χ0v) is 29.9. The third-order valence-electron chi connectivity index (χ3n) is 8.64. The molecule has 0 radical (unpaired) electrons. The van der Waals surface area contributed by atoms with Crippen LogP contribution in [0.25, 0.3) is 0 Å². The van der Waals surface area contributed by atoms with Crippen LogP contribution in [0.1, 0.15) is 72.2 Å². The zero-order valence-electron chi connectivity index (χ0n) is 28.1. The zero-order chi connectivity index (χ0) is 30.9. The maximum atomic E-state index is 2.58. The van der Waals surface area contributed by atoms with E-state index in [9.17, 15) is 0 Å². The molecule has 0 aromatic heterocycles. The Balaban J connectivity index is 1.92. The molecule has 2 atom stereocenters. The predicted molar refractivity (Wildman–Crippen MR) is 193 cm³/mol. The minimum absolute atomic E-state index is 0.527. The largest absolute Gasteiger partial charge is 0.0625 e. The van der Waals surface area contributed by atoms with E-state index in [0.29, 0.717) is 23.2 Å². The summed E-state index contributed by atoms with van der Waals surface area (Å²) in [5, 5.41) is 6.11. The molecular weight excluding hydrogens is 542 g/mol.